The number of aromatic nitrogens is 2. The van der Waals surface area contributed by atoms with Crippen LogP contribution >= 0.6 is 0 Å². The maximum Gasteiger partial charge on any atom is 0.258 e. The molecule has 1 heterocycles. The standard InChI is InChI=1S/C20H22N4O2/c1-3-24(4-2)20(25)17-11-9-16(10-12-17)19-22-18(23-26-19)15-7-5-14(13-21)6-8-15/h5-12H,3-4,13,21H2,1-2H3. The molecular formula is C20H22N4O2. The summed E-state index contributed by atoms with van der Waals surface area (Å²) in [5, 5.41) is 4.04. The third kappa shape index (κ3) is 3.65. The van der Waals surface area contributed by atoms with Crippen LogP contribution in [0.1, 0.15) is 29.8 Å². The maximum absolute atomic E-state index is 12.4. The van der Waals surface area contributed by atoms with Crippen LogP contribution in [-0.2, 0) is 6.54 Å². The molecule has 0 radical (unpaired) electrons. The Morgan fingerprint density at radius 2 is 1.62 bits per heavy atom. The molecule has 0 fully saturated rings. The van der Waals surface area contributed by atoms with E-state index < -0.39 is 0 Å². The molecule has 0 aliphatic carbocycles. The lowest BCUT2D eigenvalue weighted by Gasteiger charge is -2.18. The van der Waals surface area contributed by atoms with Gasteiger partial charge in [-0.25, -0.2) is 0 Å². The van der Waals surface area contributed by atoms with Gasteiger partial charge in [-0.15, -0.1) is 0 Å². The molecule has 0 saturated carbocycles. The van der Waals surface area contributed by atoms with Crippen molar-refractivity contribution in [3.8, 4) is 22.8 Å². The highest BCUT2D eigenvalue weighted by molar-refractivity contribution is 5.94. The van der Waals surface area contributed by atoms with E-state index in [1.807, 2.05) is 50.2 Å². The van der Waals surface area contributed by atoms with Gasteiger partial charge in [-0.1, -0.05) is 29.4 Å². The van der Waals surface area contributed by atoms with Gasteiger partial charge in [0, 0.05) is 36.3 Å². The summed E-state index contributed by atoms with van der Waals surface area (Å²) in [7, 11) is 0. The Morgan fingerprint density at radius 1 is 1.00 bits per heavy atom. The molecule has 0 unspecified atom stereocenters. The molecule has 6 nitrogen and oxygen atoms in total. The van der Waals surface area contributed by atoms with Gasteiger partial charge in [0.15, 0.2) is 0 Å². The van der Waals surface area contributed by atoms with Crippen molar-refractivity contribution in [3.63, 3.8) is 0 Å². The number of rotatable bonds is 6. The molecule has 26 heavy (non-hydrogen) atoms. The van der Waals surface area contributed by atoms with Gasteiger partial charge in [0.1, 0.15) is 0 Å². The van der Waals surface area contributed by atoms with E-state index in [-0.39, 0.29) is 5.91 Å². The number of carbonyl (C=O) groups excluding carboxylic acids is 1. The number of carbonyl (C=O) groups is 1. The zero-order valence-electron chi connectivity index (χ0n) is 15.0. The first kappa shape index (κ1) is 17.8. The molecule has 0 bridgehead atoms. The van der Waals surface area contributed by atoms with E-state index in [0.29, 0.717) is 36.9 Å². The zero-order valence-corrected chi connectivity index (χ0v) is 15.0. The number of amides is 1. The molecule has 1 aromatic heterocycles. The highest BCUT2D eigenvalue weighted by Crippen LogP contribution is 2.23. The molecular weight excluding hydrogens is 328 g/mol. The summed E-state index contributed by atoms with van der Waals surface area (Å²) in [4.78, 5) is 18.6. The molecule has 0 aliphatic heterocycles. The fourth-order valence-electron chi connectivity index (χ4n) is 2.70. The van der Waals surface area contributed by atoms with Crippen molar-refractivity contribution in [2.45, 2.75) is 20.4 Å². The lowest BCUT2D eigenvalue weighted by Crippen LogP contribution is -2.30. The molecule has 1 amide bonds. The first-order valence-corrected chi connectivity index (χ1v) is 8.69. The van der Waals surface area contributed by atoms with E-state index in [1.54, 1.807) is 17.0 Å². The Balaban J connectivity index is 1.79. The Hall–Kier alpha value is -2.99. The highest BCUT2D eigenvalue weighted by atomic mass is 16.5. The predicted molar refractivity (Wildman–Crippen MR) is 100 cm³/mol. The van der Waals surface area contributed by atoms with Gasteiger partial charge in [0.05, 0.1) is 0 Å². The van der Waals surface area contributed by atoms with Crippen molar-refractivity contribution >= 4 is 5.91 Å². The Bertz CT molecular complexity index is 866. The summed E-state index contributed by atoms with van der Waals surface area (Å²) < 4.78 is 5.37. The molecule has 3 rings (SSSR count). The molecule has 0 aliphatic rings. The van der Waals surface area contributed by atoms with E-state index in [0.717, 1.165) is 16.7 Å². The third-order valence-corrected chi connectivity index (χ3v) is 4.30. The van der Waals surface area contributed by atoms with E-state index in [4.69, 9.17) is 10.3 Å². The molecule has 0 atom stereocenters. The van der Waals surface area contributed by atoms with Crippen molar-refractivity contribution < 1.29 is 9.32 Å². The van der Waals surface area contributed by atoms with E-state index >= 15 is 0 Å². The number of benzene rings is 2. The van der Waals surface area contributed by atoms with Crippen LogP contribution in [0.3, 0.4) is 0 Å². The van der Waals surface area contributed by atoms with Crippen LogP contribution in [0.4, 0.5) is 0 Å². The second-order valence-corrected chi connectivity index (χ2v) is 5.88. The normalized spacial score (nSPS) is 10.7. The molecule has 2 aromatic carbocycles. The quantitative estimate of drug-likeness (QED) is 0.737. The van der Waals surface area contributed by atoms with E-state index in [1.165, 1.54) is 0 Å². The van der Waals surface area contributed by atoms with Crippen molar-refractivity contribution in [1.82, 2.24) is 15.0 Å². The smallest absolute Gasteiger partial charge is 0.258 e. The summed E-state index contributed by atoms with van der Waals surface area (Å²) in [6, 6.07) is 15.0. The van der Waals surface area contributed by atoms with E-state index in [2.05, 4.69) is 10.1 Å². The summed E-state index contributed by atoms with van der Waals surface area (Å²) in [5.41, 5.74) is 8.95. The molecule has 2 N–H and O–H groups in total. The molecule has 3 aromatic rings. The van der Waals surface area contributed by atoms with Gasteiger partial charge >= 0.3 is 0 Å². The van der Waals surface area contributed by atoms with Crippen LogP contribution in [0.15, 0.2) is 53.1 Å². The SMILES string of the molecule is CCN(CC)C(=O)c1ccc(-c2nc(-c3ccc(CN)cc3)no2)cc1. The molecule has 6 heteroatoms. The molecule has 0 spiro atoms. The van der Waals surface area contributed by atoms with Crippen molar-refractivity contribution in [2.75, 3.05) is 13.1 Å². The van der Waals surface area contributed by atoms with Crippen LogP contribution < -0.4 is 5.73 Å². The predicted octanol–water partition coefficient (Wildman–Crippen LogP) is 3.34. The zero-order chi connectivity index (χ0) is 18.5. The Morgan fingerprint density at radius 3 is 2.19 bits per heavy atom. The molecule has 0 saturated heterocycles. The van der Waals surface area contributed by atoms with Crippen LogP contribution in [-0.4, -0.2) is 34.0 Å². The number of hydrogen-bond acceptors (Lipinski definition) is 5. The lowest BCUT2D eigenvalue weighted by molar-refractivity contribution is 0.0773. The Labute approximate surface area is 152 Å². The summed E-state index contributed by atoms with van der Waals surface area (Å²) >= 11 is 0. The summed E-state index contributed by atoms with van der Waals surface area (Å²) in [5.74, 6) is 0.962. The minimum Gasteiger partial charge on any atom is -0.339 e. The summed E-state index contributed by atoms with van der Waals surface area (Å²) in [6.45, 7) is 5.81. The van der Waals surface area contributed by atoms with Crippen LogP contribution in [0.25, 0.3) is 22.8 Å². The number of nitrogens with two attached hydrogens (primary N) is 1. The van der Waals surface area contributed by atoms with Gasteiger partial charge in [0.25, 0.3) is 11.8 Å². The van der Waals surface area contributed by atoms with E-state index in [9.17, 15) is 4.79 Å². The van der Waals surface area contributed by atoms with Gasteiger partial charge in [-0.3, -0.25) is 4.79 Å². The largest absolute Gasteiger partial charge is 0.339 e. The Kier molecular flexibility index (Phi) is 5.43. The number of nitrogens with zero attached hydrogens (tertiary/aromatic N) is 3. The van der Waals surface area contributed by atoms with Gasteiger partial charge in [-0.05, 0) is 43.7 Å². The molecule has 134 valence electrons. The summed E-state index contributed by atoms with van der Waals surface area (Å²) in [6.07, 6.45) is 0. The van der Waals surface area contributed by atoms with Crippen LogP contribution in [0.2, 0.25) is 0 Å². The van der Waals surface area contributed by atoms with Crippen molar-refractivity contribution in [2.24, 2.45) is 5.73 Å². The van der Waals surface area contributed by atoms with Gasteiger partial charge in [-0.2, -0.15) is 4.98 Å². The highest BCUT2D eigenvalue weighted by Gasteiger charge is 2.14. The first-order valence-electron chi connectivity index (χ1n) is 8.69. The van der Waals surface area contributed by atoms with Crippen LogP contribution in [0.5, 0.6) is 0 Å². The van der Waals surface area contributed by atoms with Crippen molar-refractivity contribution in [3.05, 3.63) is 59.7 Å². The second-order valence-electron chi connectivity index (χ2n) is 5.88. The average Bonchev–Trinajstić information content (AvgIpc) is 3.19. The number of hydrogen-bond donors (Lipinski definition) is 1. The van der Waals surface area contributed by atoms with Crippen LogP contribution in [0, 0.1) is 0 Å². The van der Waals surface area contributed by atoms with Gasteiger partial charge in [0.2, 0.25) is 5.82 Å². The fourth-order valence-corrected chi connectivity index (χ4v) is 2.70. The first-order chi connectivity index (χ1) is 12.7. The van der Waals surface area contributed by atoms with Gasteiger partial charge < -0.3 is 15.2 Å². The third-order valence-electron chi connectivity index (χ3n) is 4.30. The fraction of sp³-hybridized carbons (Fsp3) is 0.250. The lowest BCUT2D eigenvalue weighted by atomic mass is 10.1. The monoisotopic (exact) mass is 350 g/mol. The average molecular weight is 350 g/mol. The topological polar surface area (TPSA) is 85.2 Å². The van der Waals surface area contributed by atoms with Crippen molar-refractivity contribution in [1.29, 1.82) is 0 Å². The minimum absolute atomic E-state index is 0.0211. The maximum atomic E-state index is 12.4. The minimum atomic E-state index is 0.0211. The second kappa shape index (κ2) is 7.93.